The molecule has 0 atom stereocenters. The largest absolute Gasteiger partial charge is 0.495 e. The van der Waals surface area contributed by atoms with Crippen molar-refractivity contribution in [3.8, 4) is 0 Å². The molecule has 2 N–H and O–H groups in total. The molecule has 0 unspecified atom stereocenters. The number of aromatic carboxylic acids is 1. The summed E-state index contributed by atoms with van der Waals surface area (Å²) in [5.41, 5.74) is 1.33. The number of esters is 1. The van der Waals surface area contributed by atoms with Crippen molar-refractivity contribution in [3.05, 3.63) is 28.3 Å². The molecule has 1 aromatic rings. The van der Waals surface area contributed by atoms with Crippen LogP contribution >= 0.6 is 0 Å². The highest BCUT2D eigenvalue weighted by molar-refractivity contribution is 6.62. The summed E-state index contributed by atoms with van der Waals surface area (Å²) in [5, 5.41) is 12.9. The van der Waals surface area contributed by atoms with E-state index in [-0.39, 0.29) is 18.1 Å². The Bertz CT molecular complexity index is 825. The van der Waals surface area contributed by atoms with Crippen LogP contribution in [0.25, 0.3) is 0 Å². The van der Waals surface area contributed by atoms with Gasteiger partial charge in [-0.1, -0.05) is 6.07 Å². The highest BCUT2D eigenvalue weighted by atomic mass is 16.7. The van der Waals surface area contributed by atoms with Crippen molar-refractivity contribution in [1.29, 1.82) is 0 Å². The van der Waals surface area contributed by atoms with Gasteiger partial charge in [-0.15, -0.1) is 0 Å². The number of hydrogen-bond acceptors (Lipinski definition) is 6. The van der Waals surface area contributed by atoms with Crippen LogP contribution in [0, 0.1) is 13.8 Å². The Kier molecular flexibility index (Phi) is 6.76. The van der Waals surface area contributed by atoms with Crippen molar-refractivity contribution < 1.29 is 28.7 Å². The van der Waals surface area contributed by atoms with Crippen LogP contribution in [0.2, 0.25) is 0 Å². The molecule has 1 aromatic carbocycles. The first kappa shape index (κ1) is 24.4. The third-order valence-corrected chi connectivity index (χ3v) is 5.72. The molecule has 1 saturated heterocycles. The van der Waals surface area contributed by atoms with Gasteiger partial charge in [-0.25, -0.2) is 4.79 Å². The number of rotatable bonds is 6. The van der Waals surface area contributed by atoms with Gasteiger partial charge in [0.25, 0.3) is 0 Å². The lowest BCUT2D eigenvalue weighted by molar-refractivity contribution is -0.153. The molecular formula is C22H34BNO6. The van der Waals surface area contributed by atoms with E-state index in [0.29, 0.717) is 23.1 Å². The molecule has 30 heavy (non-hydrogen) atoms. The first-order valence-corrected chi connectivity index (χ1v) is 10.2. The molecule has 0 aromatic heterocycles. The third kappa shape index (κ3) is 5.23. The summed E-state index contributed by atoms with van der Waals surface area (Å²) in [6, 6.07) is 1.90. The fourth-order valence-corrected chi connectivity index (χ4v) is 3.39. The second-order valence-corrected chi connectivity index (χ2v) is 9.83. The first-order valence-electron chi connectivity index (χ1n) is 10.2. The van der Waals surface area contributed by atoms with Crippen molar-refractivity contribution in [2.45, 2.75) is 85.7 Å². The molecule has 166 valence electrons. The predicted molar refractivity (Wildman–Crippen MR) is 116 cm³/mol. The zero-order valence-electron chi connectivity index (χ0n) is 19.6. The molecular weight excluding hydrogens is 385 g/mol. The van der Waals surface area contributed by atoms with E-state index in [0.717, 1.165) is 5.56 Å². The van der Waals surface area contributed by atoms with E-state index < -0.39 is 29.9 Å². The van der Waals surface area contributed by atoms with E-state index >= 15 is 0 Å². The van der Waals surface area contributed by atoms with Crippen LogP contribution in [0.3, 0.4) is 0 Å². The molecule has 0 bridgehead atoms. The lowest BCUT2D eigenvalue weighted by Crippen LogP contribution is -2.41. The number of carboxylic acids is 1. The maximum Gasteiger partial charge on any atom is 0.495 e. The van der Waals surface area contributed by atoms with Crippen molar-refractivity contribution >= 4 is 24.5 Å². The number of carboxylic acid groups (broad SMARTS) is 1. The second kappa shape index (κ2) is 8.32. The van der Waals surface area contributed by atoms with E-state index in [2.05, 4.69) is 5.32 Å². The van der Waals surface area contributed by atoms with Crippen LogP contribution in [0.15, 0.2) is 6.07 Å². The van der Waals surface area contributed by atoms with Crippen LogP contribution in [0.1, 0.15) is 75.5 Å². The van der Waals surface area contributed by atoms with Crippen molar-refractivity contribution in [1.82, 2.24) is 5.32 Å². The van der Waals surface area contributed by atoms with Crippen LogP contribution in [0.4, 0.5) is 0 Å². The van der Waals surface area contributed by atoms with E-state index in [1.165, 1.54) is 0 Å². The molecule has 8 heteroatoms. The first-order chi connectivity index (χ1) is 13.6. The number of benzene rings is 1. The smallest absolute Gasteiger partial charge is 0.478 e. The zero-order chi connectivity index (χ0) is 23.1. The average Bonchev–Trinajstić information content (AvgIpc) is 2.75. The van der Waals surface area contributed by atoms with Gasteiger partial charge in [0, 0.05) is 6.54 Å². The Morgan fingerprint density at radius 1 is 1.10 bits per heavy atom. The molecule has 0 saturated carbocycles. The van der Waals surface area contributed by atoms with Crippen LogP contribution in [-0.4, -0.2) is 47.5 Å². The third-order valence-electron chi connectivity index (χ3n) is 5.72. The fourth-order valence-electron chi connectivity index (χ4n) is 3.39. The van der Waals surface area contributed by atoms with Gasteiger partial charge in [0.15, 0.2) is 0 Å². The molecule has 2 rings (SSSR count). The van der Waals surface area contributed by atoms with E-state index in [1.807, 2.05) is 54.5 Å². The Labute approximate surface area is 179 Å². The second-order valence-electron chi connectivity index (χ2n) is 9.83. The molecule has 0 aliphatic carbocycles. The van der Waals surface area contributed by atoms with Gasteiger partial charge >= 0.3 is 19.1 Å². The van der Waals surface area contributed by atoms with Gasteiger partial charge < -0.3 is 24.5 Å². The van der Waals surface area contributed by atoms with E-state index in [9.17, 15) is 14.7 Å². The molecule has 0 spiro atoms. The minimum absolute atomic E-state index is 0.0266. The summed E-state index contributed by atoms with van der Waals surface area (Å²) in [4.78, 5) is 23.9. The van der Waals surface area contributed by atoms with Crippen molar-refractivity contribution in [3.63, 3.8) is 0 Å². The number of hydrogen-bond donors (Lipinski definition) is 2. The van der Waals surface area contributed by atoms with Gasteiger partial charge in [0.2, 0.25) is 0 Å². The van der Waals surface area contributed by atoms with Gasteiger partial charge in [-0.3, -0.25) is 4.79 Å². The Morgan fingerprint density at radius 3 is 2.10 bits per heavy atom. The van der Waals surface area contributed by atoms with Gasteiger partial charge in [0.05, 0.1) is 23.3 Å². The summed E-state index contributed by atoms with van der Waals surface area (Å²) in [5.74, 6) is -1.37. The molecule has 1 fully saturated rings. The minimum Gasteiger partial charge on any atom is -0.478 e. The standard InChI is InChI=1S/C22H34BNO6/c1-13-15(11-24-12-17(25)28-20(3,4)5)10-16(14(2)18(13)19(26)27)23-29-21(6,7)22(8,9)30-23/h10,24H,11-12H2,1-9H3,(H,26,27). The Hall–Kier alpha value is -1.90. The number of carbonyl (C=O) groups is 2. The molecule has 1 aliphatic rings. The number of nitrogens with one attached hydrogen (secondary N) is 1. The molecule has 1 heterocycles. The molecule has 0 amide bonds. The van der Waals surface area contributed by atoms with Crippen molar-refractivity contribution in [2.24, 2.45) is 0 Å². The summed E-state index contributed by atoms with van der Waals surface area (Å²) in [7, 11) is -0.668. The summed E-state index contributed by atoms with van der Waals surface area (Å²) in [6.45, 7) is 17.1. The Balaban J connectivity index is 2.31. The minimum atomic E-state index is -1.00. The van der Waals surface area contributed by atoms with Crippen LogP contribution in [-0.2, 0) is 25.4 Å². The normalized spacial score (nSPS) is 17.8. The summed E-state index contributed by atoms with van der Waals surface area (Å²) < 4.78 is 17.6. The van der Waals surface area contributed by atoms with Gasteiger partial charge in [-0.2, -0.15) is 0 Å². The topological polar surface area (TPSA) is 94.1 Å². The lowest BCUT2D eigenvalue weighted by Gasteiger charge is -2.32. The monoisotopic (exact) mass is 419 g/mol. The molecule has 0 radical (unpaired) electrons. The van der Waals surface area contributed by atoms with E-state index in [1.54, 1.807) is 13.8 Å². The average molecular weight is 419 g/mol. The fraction of sp³-hybridized carbons (Fsp3) is 0.636. The highest BCUT2D eigenvalue weighted by Gasteiger charge is 2.52. The Morgan fingerprint density at radius 2 is 1.63 bits per heavy atom. The maximum absolute atomic E-state index is 12.0. The molecule has 1 aliphatic heterocycles. The summed E-state index contributed by atoms with van der Waals surface area (Å²) in [6.07, 6.45) is 0. The van der Waals surface area contributed by atoms with Crippen molar-refractivity contribution in [2.75, 3.05) is 6.54 Å². The highest BCUT2D eigenvalue weighted by Crippen LogP contribution is 2.37. The zero-order valence-corrected chi connectivity index (χ0v) is 19.6. The quantitative estimate of drug-likeness (QED) is 0.541. The number of carbonyl (C=O) groups excluding carboxylic acids is 1. The van der Waals surface area contributed by atoms with Crippen LogP contribution < -0.4 is 10.8 Å². The van der Waals surface area contributed by atoms with Gasteiger partial charge in [0.1, 0.15) is 5.60 Å². The van der Waals surface area contributed by atoms with Gasteiger partial charge in [-0.05, 0) is 84.5 Å². The summed E-state index contributed by atoms with van der Waals surface area (Å²) >= 11 is 0. The van der Waals surface area contributed by atoms with E-state index in [4.69, 9.17) is 14.0 Å². The predicted octanol–water partition coefficient (Wildman–Crippen LogP) is 2.73. The molecule has 7 nitrogen and oxygen atoms in total. The SMILES string of the molecule is Cc1c(CNCC(=O)OC(C)(C)C)cc(B2OC(C)(C)C(C)(C)O2)c(C)c1C(=O)O. The number of ether oxygens (including phenoxy) is 1. The maximum atomic E-state index is 12.0. The van der Waals surface area contributed by atoms with Crippen LogP contribution in [0.5, 0.6) is 0 Å². The lowest BCUT2D eigenvalue weighted by atomic mass is 9.73.